The largest absolute Gasteiger partial charge is 0.394 e. The second-order valence-corrected chi connectivity index (χ2v) is 16.5. The first-order chi connectivity index (χ1) is 25.7. The van der Waals surface area contributed by atoms with Crippen molar-refractivity contribution in [3.63, 3.8) is 0 Å². The summed E-state index contributed by atoms with van der Waals surface area (Å²) in [7, 11) is 0. The maximum atomic E-state index is 12.4. The fraction of sp³-hybridized carbons (Fsp3) is 0.938. The van der Waals surface area contributed by atoms with Crippen molar-refractivity contribution in [1.82, 2.24) is 5.32 Å². The lowest BCUT2D eigenvalue weighted by atomic mass is 10.0. The Morgan fingerprint density at radius 2 is 0.731 bits per heavy atom. The van der Waals surface area contributed by atoms with Crippen LogP contribution in [-0.4, -0.2) is 34.9 Å². The van der Waals surface area contributed by atoms with Crippen molar-refractivity contribution < 1.29 is 15.0 Å². The zero-order valence-corrected chi connectivity index (χ0v) is 35.6. The van der Waals surface area contributed by atoms with Gasteiger partial charge in [-0.1, -0.05) is 238 Å². The number of nitrogens with one attached hydrogen (secondary N) is 1. The van der Waals surface area contributed by atoms with Gasteiger partial charge in [-0.2, -0.15) is 0 Å². The number of allylic oxidation sites excluding steroid dienone is 2. The first kappa shape index (κ1) is 51.1. The molecule has 0 aromatic rings. The number of hydrogen-bond acceptors (Lipinski definition) is 3. The van der Waals surface area contributed by atoms with Crippen molar-refractivity contribution in [1.29, 1.82) is 0 Å². The molecular formula is C48H95NO3. The first-order valence-corrected chi connectivity index (χ1v) is 23.9. The molecule has 0 aliphatic carbocycles. The van der Waals surface area contributed by atoms with Crippen LogP contribution in [0.15, 0.2) is 12.2 Å². The highest BCUT2D eigenvalue weighted by Gasteiger charge is 2.20. The molecule has 0 aromatic carbocycles. The van der Waals surface area contributed by atoms with Gasteiger partial charge >= 0.3 is 0 Å². The normalized spacial score (nSPS) is 12.9. The first-order valence-electron chi connectivity index (χ1n) is 23.9. The fourth-order valence-electron chi connectivity index (χ4n) is 7.59. The second-order valence-electron chi connectivity index (χ2n) is 16.5. The molecule has 0 radical (unpaired) electrons. The minimum Gasteiger partial charge on any atom is -0.394 e. The Bertz CT molecular complexity index is 710. The van der Waals surface area contributed by atoms with E-state index in [-0.39, 0.29) is 12.5 Å². The van der Waals surface area contributed by atoms with Crippen molar-refractivity contribution in [3.8, 4) is 0 Å². The zero-order chi connectivity index (χ0) is 37.8. The van der Waals surface area contributed by atoms with Crippen LogP contribution < -0.4 is 5.32 Å². The van der Waals surface area contributed by atoms with E-state index in [0.29, 0.717) is 12.8 Å². The summed E-state index contributed by atoms with van der Waals surface area (Å²) >= 11 is 0. The molecule has 0 fully saturated rings. The molecule has 0 aliphatic rings. The molecule has 0 spiro atoms. The van der Waals surface area contributed by atoms with Gasteiger partial charge in [-0.25, -0.2) is 0 Å². The Labute approximate surface area is 327 Å². The molecular weight excluding hydrogens is 639 g/mol. The Morgan fingerprint density at radius 3 is 1.06 bits per heavy atom. The number of amides is 1. The van der Waals surface area contributed by atoms with Crippen molar-refractivity contribution in [2.75, 3.05) is 6.61 Å². The number of aliphatic hydroxyl groups excluding tert-OH is 2. The highest BCUT2D eigenvalue weighted by atomic mass is 16.3. The lowest BCUT2D eigenvalue weighted by Crippen LogP contribution is -2.45. The molecule has 0 rings (SSSR count). The summed E-state index contributed by atoms with van der Waals surface area (Å²) in [6.45, 7) is 4.38. The monoisotopic (exact) mass is 734 g/mol. The van der Waals surface area contributed by atoms with Crippen molar-refractivity contribution in [3.05, 3.63) is 12.2 Å². The standard InChI is InChI=1S/C48H95NO3/c1-3-5-7-9-11-13-15-17-19-21-23-24-26-27-29-31-33-35-37-39-41-43-47(51)46(45-50)49-48(52)44-42-40-38-36-34-32-30-28-25-22-20-18-16-14-12-10-8-6-4-2/h22,25,46-47,50-51H,3-21,23-24,26-45H2,1-2H3,(H,49,52)/b25-22-. The summed E-state index contributed by atoms with van der Waals surface area (Å²) in [6, 6.07) is -0.535. The summed E-state index contributed by atoms with van der Waals surface area (Å²) in [6.07, 6.45) is 55.9. The lowest BCUT2D eigenvalue weighted by Gasteiger charge is -2.22. The summed E-state index contributed by atoms with van der Waals surface area (Å²) < 4.78 is 0. The molecule has 2 unspecified atom stereocenters. The number of rotatable bonds is 44. The average Bonchev–Trinajstić information content (AvgIpc) is 3.15. The molecule has 0 aromatic heterocycles. The molecule has 4 heteroatoms. The fourth-order valence-corrected chi connectivity index (χ4v) is 7.59. The van der Waals surface area contributed by atoms with E-state index in [1.54, 1.807) is 0 Å². The summed E-state index contributed by atoms with van der Waals surface area (Å²) in [5, 5.41) is 23.2. The predicted octanol–water partition coefficient (Wildman–Crippen LogP) is 15.0. The molecule has 0 aliphatic heterocycles. The zero-order valence-electron chi connectivity index (χ0n) is 35.6. The maximum Gasteiger partial charge on any atom is 0.220 e. The topological polar surface area (TPSA) is 69.6 Å². The molecule has 52 heavy (non-hydrogen) atoms. The summed E-state index contributed by atoms with van der Waals surface area (Å²) in [5.74, 6) is -0.0318. The van der Waals surface area contributed by atoms with Gasteiger partial charge in [-0.05, 0) is 38.5 Å². The van der Waals surface area contributed by atoms with E-state index >= 15 is 0 Å². The van der Waals surface area contributed by atoms with Crippen LogP contribution in [0.5, 0.6) is 0 Å². The molecule has 3 N–H and O–H groups in total. The number of aliphatic hydroxyl groups is 2. The van der Waals surface area contributed by atoms with Gasteiger partial charge < -0.3 is 15.5 Å². The molecule has 0 saturated heterocycles. The van der Waals surface area contributed by atoms with Crippen LogP contribution in [0, 0.1) is 0 Å². The van der Waals surface area contributed by atoms with Gasteiger partial charge in [0.1, 0.15) is 0 Å². The van der Waals surface area contributed by atoms with Gasteiger partial charge in [-0.15, -0.1) is 0 Å². The third kappa shape index (κ3) is 40.3. The van der Waals surface area contributed by atoms with E-state index in [9.17, 15) is 15.0 Å². The molecule has 310 valence electrons. The van der Waals surface area contributed by atoms with E-state index < -0.39 is 12.1 Å². The van der Waals surface area contributed by atoms with E-state index in [0.717, 1.165) is 25.7 Å². The average molecular weight is 734 g/mol. The van der Waals surface area contributed by atoms with E-state index in [1.807, 2.05) is 0 Å². The number of hydrogen-bond donors (Lipinski definition) is 3. The minimum absolute atomic E-state index is 0.0318. The minimum atomic E-state index is -0.658. The van der Waals surface area contributed by atoms with Crippen LogP contribution in [-0.2, 0) is 4.79 Å². The summed E-state index contributed by atoms with van der Waals surface area (Å²) in [5.41, 5.74) is 0. The van der Waals surface area contributed by atoms with Crippen molar-refractivity contribution >= 4 is 5.91 Å². The van der Waals surface area contributed by atoms with Crippen LogP contribution in [0.3, 0.4) is 0 Å². The van der Waals surface area contributed by atoms with Gasteiger partial charge in [0, 0.05) is 6.42 Å². The van der Waals surface area contributed by atoms with E-state index in [1.165, 1.54) is 218 Å². The van der Waals surface area contributed by atoms with Gasteiger partial charge in [0.25, 0.3) is 0 Å². The Morgan fingerprint density at radius 1 is 0.442 bits per heavy atom. The molecule has 0 saturated carbocycles. The van der Waals surface area contributed by atoms with Crippen molar-refractivity contribution in [2.24, 2.45) is 0 Å². The highest BCUT2D eigenvalue weighted by molar-refractivity contribution is 5.76. The van der Waals surface area contributed by atoms with Crippen LogP contribution >= 0.6 is 0 Å². The van der Waals surface area contributed by atoms with Gasteiger partial charge in [0.15, 0.2) is 0 Å². The third-order valence-corrected chi connectivity index (χ3v) is 11.3. The molecule has 4 nitrogen and oxygen atoms in total. The predicted molar refractivity (Wildman–Crippen MR) is 230 cm³/mol. The van der Waals surface area contributed by atoms with E-state index in [2.05, 4.69) is 31.3 Å². The van der Waals surface area contributed by atoms with Crippen LogP contribution in [0.1, 0.15) is 271 Å². The number of unbranched alkanes of at least 4 members (excludes halogenated alkanes) is 35. The third-order valence-electron chi connectivity index (χ3n) is 11.3. The molecule has 0 heterocycles. The van der Waals surface area contributed by atoms with Crippen molar-refractivity contribution in [2.45, 2.75) is 283 Å². The quantitative estimate of drug-likeness (QED) is 0.0431. The summed E-state index contributed by atoms with van der Waals surface area (Å²) in [4.78, 5) is 12.4. The molecule has 0 bridgehead atoms. The Balaban J connectivity index is 3.48. The van der Waals surface area contributed by atoms with Gasteiger partial charge in [0.2, 0.25) is 5.91 Å². The van der Waals surface area contributed by atoms with Crippen LogP contribution in [0.2, 0.25) is 0 Å². The number of carbonyl (C=O) groups excluding carboxylic acids is 1. The molecule has 2 atom stereocenters. The van der Waals surface area contributed by atoms with Crippen LogP contribution in [0.25, 0.3) is 0 Å². The van der Waals surface area contributed by atoms with Gasteiger partial charge in [0.05, 0.1) is 18.8 Å². The lowest BCUT2D eigenvalue weighted by molar-refractivity contribution is -0.123. The van der Waals surface area contributed by atoms with Crippen LogP contribution in [0.4, 0.5) is 0 Å². The maximum absolute atomic E-state index is 12.4. The molecule has 1 amide bonds. The second kappa shape index (κ2) is 44.5. The Hall–Kier alpha value is -0.870. The number of carbonyl (C=O) groups is 1. The highest BCUT2D eigenvalue weighted by Crippen LogP contribution is 2.17. The SMILES string of the molecule is CCCCCCCCCC/C=C\CCCCCCCCCC(=O)NC(CO)C(O)CCCCCCCCCCCCCCCCCCCCCCC. The Kier molecular flexibility index (Phi) is 43.8. The van der Waals surface area contributed by atoms with Gasteiger partial charge in [-0.3, -0.25) is 4.79 Å². The van der Waals surface area contributed by atoms with E-state index in [4.69, 9.17) is 0 Å². The smallest absolute Gasteiger partial charge is 0.220 e.